The van der Waals surface area contributed by atoms with Crippen LogP contribution in [0.4, 0.5) is 0 Å². The number of phenolic OH excluding ortho intramolecular Hbond substituents is 1. The molecule has 0 saturated carbocycles. The van der Waals surface area contributed by atoms with Crippen molar-refractivity contribution in [2.45, 2.75) is 30.2 Å². The predicted octanol–water partition coefficient (Wildman–Crippen LogP) is 3.18. The lowest BCUT2D eigenvalue weighted by molar-refractivity contribution is 0.297. The molecule has 1 saturated heterocycles. The number of hydrogen-bond acceptors (Lipinski definition) is 4. The fraction of sp³-hybridized carbons (Fsp3) is 0.500. The van der Waals surface area contributed by atoms with E-state index in [4.69, 9.17) is 0 Å². The van der Waals surface area contributed by atoms with Crippen molar-refractivity contribution in [2.24, 2.45) is 0 Å². The normalized spacial score (nSPS) is 22.2. The molecule has 1 aromatic carbocycles. The quantitative estimate of drug-likeness (QED) is 0.640. The molecule has 1 fully saturated rings. The maximum atomic E-state index is 9.23. The third-order valence-electron chi connectivity index (χ3n) is 2.84. The highest BCUT2D eigenvalue weighted by molar-refractivity contribution is 7.97. The standard InChI is InChI=1S/C12H17NOS2/c14-11-4-6-12(7-5-11)16-13-8-2-1-3-10(13)9-15/h4-7,10,14-15H,1-3,8-9H2. The van der Waals surface area contributed by atoms with Crippen molar-refractivity contribution in [3.05, 3.63) is 24.3 Å². The van der Waals surface area contributed by atoms with Crippen LogP contribution in [0.2, 0.25) is 0 Å². The highest BCUT2D eigenvalue weighted by atomic mass is 32.2. The van der Waals surface area contributed by atoms with Crippen LogP contribution in [0.5, 0.6) is 5.75 Å². The minimum absolute atomic E-state index is 0.328. The average molecular weight is 255 g/mol. The second kappa shape index (κ2) is 5.84. The monoisotopic (exact) mass is 255 g/mol. The molecule has 0 spiro atoms. The highest BCUT2D eigenvalue weighted by Gasteiger charge is 2.21. The van der Waals surface area contributed by atoms with Crippen molar-refractivity contribution in [1.82, 2.24) is 4.31 Å². The van der Waals surface area contributed by atoms with Crippen molar-refractivity contribution >= 4 is 24.6 Å². The van der Waals surface area contributed by atoms with Gasteiger partial charge in [0.2, 0.25) is 0 Å². The van der Waals surface area contributed by atoms with Crippen LogP contribution in [0.15, 0.2) is 29.2 Å². The Hall–Kier alpha value is -0.320. The molecule has 2 rings (SSSR count). The molecule has 1 unspecified atom stereocenters. The minimum Gasteiger partial charge on any atom is -0.508 e. The zero-order valence-electron chi connectivity index (χ0n) is 9.17. The Morgan fingerprint density at radius 1 is 1.31 bits per heavy atom. The van der Waals surface area contributed by atoms with Crippen LogP contribution in [0.3, 0.4) is 0 Å². The summed E-state index contributed by atoms with van der Waals surface area (Å²) in [4.78, 5) is 1.19. The maximum Gasteiger partial charge on any atom is 0.115 e. The first-order chi connectivity index (χ1) is 7.79. The largest absolute Gasteiger partial charge is 0.508 e. The lowest BCUT2D eigenvalue weighted by Crippen LogP contribution is -2.35. The van der Waals surface area contributed by atoms with Crippen LogP contribution >= 0.6 is 24.6 Å². The molecule has 4 heteroatoms. The van der Waals surface area contributed by atoms with E-state index < -0.39 is 0 Å². The molecule has 1 aromatic rings. The van der Waals surface area contributed by atoms with E-state index in [1.165, 1.54) is 24.2 Å². The fourth-order valence-corrected chi connectivity index (χ4v) is 3.49. The number of rotatable bonds is 3. The Bertz CT molecular complexity index is 328. The Morgan fingerprint density at radius 2 is 2.06 bits per heavy atom. The van der Waals surface area contributed by atoms with Gasteiger partial charge in [0.05, 0.1) is 0 Å². The smallest absolute Gasteiger partial charge is 0.115 e. The maximum absolute atomic E-state index is 9.23. The van der Waals surface area contributed by atoms with E-state index in [2.05, 4.69) is 16.9 Å². The van der Waals surface area contributed by atoms with E-state index >= 15 is 0 Å². The van der Waals surface area contributed by atoms with Crippen molar-refractivity contribution in [1.29, 1.82) is 0 Å². The molecular formula is C12H17NOS2. The summed E-state index contributed by atoms with van der Waals surface area (Å²) in [5.74, 6) is 1.25. The molecule has 0 aromatic heterocycles. The first kappa shape index (κ1) is 12.1. The number of hydrogen-bond donors (Lipinski definition) is 2. The van der Waals surface area contributed by atoms with Gasteiger partial charge >= 0.3 is 0 Å². The van der Waals surface area contributed by atoms with Crippen molar-refractivity contribution < 1.29 is 5.11 Å². The van der Waals surface area contributed by atoms with Crippen LogP contribution in [0.25, 0.3) is 0 Å². The Morgan fingerprint density at radius 3 is 2.75 bits per heavy atom. The van der Waals surface area contributed by atoms with Gasteiger partial charge in [0.25, 0.3) is 0 Å². The average Bonchev–Trinajstić information content (AvgIpc) is 2.33. The molecule has 2 nitrogen and oxygen atoms in total. The van der Waals surface area contributed by atoms with Crippen molar-refractivity contribution in [3.8, 4) is 5.75 Å². The Balaban J connectivity index is 1.99. The summed E-state index contributed by atoms with van der Waals surface area (Å²) < 4.78 is 2.42. The molecule has 0 amide bonds. The van der Waals surface area contributed by atoms with Gasteiger partial charge in [-0.1, -0.05) is 6.42 Å². The minimum atomic E-state index is 0.328. The Labute approximate surface area is 107 Å². The third-order valence-corrected chi connectivity index (χ3v) is 4.46. The first-order valence-electron chi connectivity index (χ1n) is 5.64. The molecule has 1 aliphatic rings. The highest BCUT2D eigenvalue weighted by Crippen LogP contribution is 2.31. The molecular weight excluding hydrogens is 238 g/mol. The number of nitrogens with zero attached hydrogens (tertiary/aromatic N) is 1. The lowest BCUT2D eigenvalue weighted by Gasteiger charge is -2.33. The van der Waals surface area contributed by atoms with Gasteiger partial charge in [-0.15, -0.1) is 0 Å². The predicted molar refractivity (Wildman–Crippen MR) is 72.2 cm³/mol. The summed E-state index contributed by atoms with van der Waals surface area (Å²) >= 11 is 6.19. The van der Waals surface area contributed by atoms with Crippen LogP contribution in [-0.2, 0) is 0 Å². The summed E-state index contributed by atoms with van der Waals surface area (Å²) in [5, 5.41) is 9.23. The topological polar surface area (TPSA) is 23.5 Å². The molecule has 16 heavy (non-hydrogen) atoms. The van der Waals surface area contributed by atoms with E-state index in [1.54, 1.807) is 24.1 Å². The molecule has 1 aliphatic heterocycles. The summed E-state index contributed by atoms with van der Waals surface area (Å²) in [6, 6.07) is 7.98. The van der Waals surface area contributed by atoms with Gasteiger partial charge in [-0.25, -0.2) is 4.31 Å². The zero-order chi connectivity index (χ0) is 11.4. The number of aromatic hydroxyl groups is 1. The van der Waals surface area contributed by atoms with Crippen LogP contribution in [0.1, 0.15) is 19.3 Å². The van der Waals surface area contributed by atoms with Gasteiger partial charge in [0.15, 0.2) is 0 Å². The van der Waals surface area contributed by atoms with Gasteiger partial charge < -0.3 is 5.11 Å². The fourth-order valence-electron chi connectivity index (χ4n) is 1.92. The molecule has 1 N–H and O–H groups in total. The van der Waals surface area contributed by atoms with Crippen LogP contribution in [0, 0.1) is 0 Å². The number of benzene rings is 1. The third kappa shape index (κ3) is 3.09. The SMILES string of the molecule is Oc1ccc(SN2CCCCC2CS)cc1. The van der Waals surface area contributed by atoms with E-state index in [9.17, 15) is 5.11 Å². The van der Waals surface area contributed by atoms with Crippen LogP contribution in [-0.4, -0.2) is 27.8 Å². The summed E-state index contributed by atoms with van der Waals surface area (Å²) in [5.41, 5.74) is 0. The number of phenols is 1. The van der Waals surface area contributed by atoms with E-state index in [0.29, 0.717) is 11.8 Å². The molecule has 0 bridgehead atoms. The van der Waals surface area contributed by atoms with Crippen molar-refractivity contribution in [2.75, 3.05) is 12.3 Å². The van der Waals surface area contributed by atoms with E-state index in [1.807, 2.05) is 12.1 Å². The van der Waals surface area contributed by atoms with Gasteiger partial charge in [0.1, 0.15) is 5.75 Å². The van der Waals surface area contributed by atoms with E-state index in [-0.39, 0.29) is 0 Å². The number of thiol groups is 1. The van der Waals surface area contributed by atoms with Gasteiger partial charge in [-0.2, -0.15) is 12.6 Å². The zero-order valence-corrected chi connectivity index (χ0v) is 10.9. The van der Waals surface area contributed by atoms with Gasteiger partial charge in [-0.05, 0) is 49.1 Å². The Kier molecular flexibility index (Phi) is 4.44. The molecule has 88 valence electrons. The van der Waals surface area contributed by atoms with Crippen molar-refractivity contribution in [3.63, 3.8) is 0 Å². The lowest BCUT2D eigenvalue weighted by atomic mass is 10.1. The molecule has 1 atom stereocenters. The summed E-state index contributed by atoms with van der Waals surface area (Å²) in [7, 11) is 0. The second-order valence-corrected chi connectivity index (χ2v) is 5.55. The van der Waals surface area contributed by atoms with Gasteiger partial charge in [0, 0.05) is 23.2 Å². The summed E-state index contributed by atoms with van der Waals surface area (Å²) in [6.07, 6.45) is 3.84. The second-order valence-electron chi connectivity index (χ2n) is 4.06. The molecule has 0 radical (unpaired) electrons. The van der Waals surface area contributed by atoms with Crippen LogP contribution < -0.4 is 0 Å². The van der Waals surface area contributed by atoms with E-state index in [0.717, 1.165) is 12.3 Å². The molecule has 0 aliphatic carbocycles. The summed E-state index contributed by atoms with van der Waals surface area (Å²) in [6.45, 7) is 1.14. The molecule has 1 heterocycles. The first-order valence-corrected chi connectivity index (χ1v) is 7.04. The number of piperidine rings is 1. The van der Waals surface area contributed by atoms with Gasteiger partial charge in [-0.3, -0.25) is 0 Å².